The fraction of sp³-hybridized carbons (Fsp3) is 0.533. The van der Waals surface area contributed by atoms with E-state index >= 15 is 0 Å². The van der Waals surface area contributed by atoms with E-state index in [2.05, 4.69) is 17.4 Å². The van der Waals surface area contributed by atoms with Crippen LogP contribution in [0.5, 0.6) is 0 Å². The van der Waals surface area contributed by atoms with Crippen LogP contribution in [0, 0.1) is 5.92 Å². The van der Waals surface area contributed by atoms with E-state index in [1.54, 1.807) is 0 Å². The largest absolute Gasteiger partial charge is 0.378 e. The van der Waals surface area contributed by atoms with Crippen LogP contribution in [0.15, 0.2) is 30.3 Å². The van der Waals surface area contributed by atoms with E-state index in [1.807, 2.05) is 23.1 Å². The molecule has 2 aliphatic rings. The maximum absolute atomic E-state index is 12.3. The van der Waals surface area contributed by atoms with E-state index in [-0.39, 0.29) is 12.1 Å². The summed E-state index contributed by atoms with van der Waals surface area (Å²) >= 11 is 0. The molecule has 0 spiro atoms. The van der Waals surface area contributed by atoms with Crippen LogP contribution in [-0.4, -0.2) is 37.2 Å². The van der Waals surface area contributed by atoms with Crippen LogP contribution in [0.4, 0.5) is 4.79 Å². The first-order valence-electron chi connectivity index (χ1n) is 7.03. The predicted octanol–water partition coefficient (Wildman–Crippen LogP) is 2.18. The summed E-state index contributed by atoms with van der Waals surface area (Å²) in [5.74, 6) is 0.604. The second-order valence-electron chi connectivity index (χ2n) is 5.27. The molecular formula is C15H20N2O2. The number of ether oxygens (including phenoxy) is 1. The van der Waals surface area contributed by atoms with Crippen molar-refractivity contribution in [2.24, 2.45) is 5.92 Å². The van der Waals surface area contributed by atoms with Gasteiger partial charge < -0.3 is 15.0 Å². The molecule has 1 saturated carbocycles. The van der Waals surface area contributed by atoms with Crippen LogP contribution in [0.3, 0.4) is 0 Å². The SMILES string of the molecule is O=C(NC(c1ccccc1)C1CC1)N1CCOCC1. The van der Waals surface area contributed by atoms with Gasteiger partial charge in [-0.2, -0.15) is 0 Å². The lowest BCUT2D eigenvalue weighted by Crippen LogP contribution is -2.47. The molecule has 2 fully saturated rings. The highest BCUT2D eigenvalue weighted by Gasteiger charge is 2.34. The minimum absolute atomic E-state index is 0.0454. The third kappa shape index (κ3) is 3.07. The molecular weight excluding hydrogens is 240 g/mol. The van der Waals surface area contributed by atoms with Crippen molar-refractivity contribution >= 4 is 6.03 Å². The zero-order valence-electron chi connectivity index (χ0n) is 11.0. The molecule has 0 bridgehead atoms. The Balaban J connectivity index is 1.66. The highest BCUT2D eigenvalue weighted by Crippen LogP contribution is 2.41. The lowest BCUT2D eigenvalue weighted by Gasteiger charge is -2.29. The van der Waals surface area contributed by atoms with Crippen molar-refractivity contribution in [3.63, 3.8) is 0 Å². The molecule has 2 amide bonds. The standard InChI is InChI=1S/C15H20N2O2/c18-15(17-8-10-19-11-9-17)16-14(13-6-7-13)12-4-2-1-3-5-12/h1-5,13-14H,6-11H2,(H,16,18). The zero-order chi connectivity index (χ0) is 13.1. The monoisotopic (exact) mass is 260 g/mol. The number of benzene rings is 1. The summed E-state index contributed by atoms with van der Waals surface area (Å²) in [6.45, 7) is 2.68. The molecule has 1 unspecified atom stereocenters. The molecule has 1 N–H and O–H groups in total. The number of urea groups is 1. The topological polar surface area (TPSA) is 41.6 Å². The van der Waals surface area contributed by atoms with E-state index in [9.17, 15) is 4.79 Å². The molecule has 1 aromatic rings. The average Bonchev–Trinajstić information content (AvgIpc) is 3.31. The molecule has 102 valence electrons. The number of carbonyl (C=O) groups is 1. The molecule has 19 heavy (non-hydrogen) atoms. The number of carbonyl (C=O) groups excluding carboxylic acids is 1. The van der Waals surface area contributed by atoms with Gasteiger partial charge in [0, 0.05) is 13.1 Å². The minimum atomic E-state index is 0.0454. The van der Waals surface area contributed by atoms with Gasteiger partial charge in [-0.3, -0.25) is 0 Å². The summed E-state index contributed by atoms with van der Waals surface area (Å²) in [7, 11) is 0. The number of amides is 2. The van der Waals surface area contributed by atoms with Crippen LogP contribution in [0.1, 0.15) is 24.4 Å². The number of rotatable bonds is 3. The molecule has 1 atom stereocenters. The van der Waals surface area contributed by atoms with Gasteiger partial charge in [-0.15, -0.1) is 0 Å². The van der Waals surface area contributed by atoms with Gasteiger partial charge in [-0.1, -0.05) is 30.3 Å². The first kappa shape index (κ1) is 12.5. The molecule has 1 heterocycles. The third-order valence-electron chi connectivity index (χ3n) is 3.83. The molecule has 1 aromatic carbocycles. The van der Waals surface area contributed by atoms with Crippen LogP contribution < -0.4 is 5.32 Å². The van der Waals surface area contributed by atoms with Crippen LogP contribution >= 0.6 is 0 Å². The Bertz CT molecular complexity index is 425. The summed E-state index contributed by atoms with van der Waals surface area (Å²) < 4.78 is 5.28. The molecule has 1 saturated heterocycles. The van der Waals surface area contributed by atoms with Crippen molar-refractivity contribution in [2.75, 3.05) is 26.3 Å². The van der Waals surface area contributed by atoms with Gasteiger partial charge in [0.1, 0.15) is 0 Å². The first-order valence-corrected chi connectivity index (χ1v) is 7.03. The number of hydrogen-bond acceptors (Lipinski definition) is 2. The smallest absolute Gasteiger partial charge is 0.318 e. The molecule has 1 aliphatic heterocycles. The van der Waals surface area contributed by atoms with Gasteiger partial charge in [-0.05, 0) is 24.3 Å². The molecule has 4 nitrogen and oxygen atoms in total. The summed E-state index contributed by atoms with van der Waals surface area (Å²) in [5, 5.41) is 3.20. The van der Waals surface area contributed by atoms with Crippen LogP contribution in [0.25, 0.3) is 0 Å². The zero-order valence-corrected chi connectivity index (χ0v) is 11.0. The van der Waals surface area contributed by atoms with Gasteiger partial charge in [0.2, 0.25) is 0 Å². The number of hydrogen-bond donors (Lipinski definition) is 1. The molecule has 1 aliphatic carbocycles. The first-order chi connectivity index (χ1) is 9.34. The third-order valence-corrected chi connectivity index (χ3v) is 3.83. The van der Waals surface area contributed by atoms with Gasteiger partial charge >= 0.3 is 6.03 Å². The van der Waals surface area contributed by atoms with Crippen molar-refractivity contribution in [3.8, 4) is 0 Å². The molecule has 4 heteroatoms. The van der Waals surface area contributed by atoms with Crippen molar-refractivity contribution in [2.45, 2.75) is 18.9 Å². The summed E-state index contributed by atoms with van der Waals surface area (Å²) in [4.78, 5) is 14.1. The molecule has 0 radical (unpaired) electrons. The Hall–Kier alpha value is -1.55. The van der Waals surface area contributed by atoms with E-state index < -0.39 is 0 Å². The van der Waals surface area contributed by atoms with Gasteiger partial charge in [0.15, 0.2) is 0 Å². The fourth-order valence-corrected chi connectivity index (χ4v) is 2.55. The lowest BCUT2D eigenvalue weighted by molar-refractivity contribution is 0.0523. The lowest BCUT2D eigenvalue weighted by atomic mass is 10.0. The van der Waals surface area contributed by atoms with E-state index in [0.717, 1.165) is 0 Å². The van der Waals surface area contributed by atoms with E-state index in [4.69, 9.17) is 4.74 Å². The minimum Gasteiger partial charge on any atom is -0.378 e. The molecule has 3 rings (SSSR count). The van der Waals surface area contributed by atoms with Crippen LogP contribution in [-0.2, 0) is 4.74 Å². The van der Waals surface area contributed by atoms with Gasteiger partial charge in [-0.25, -0.2) is 4.79 Å². The van der Waals surface area contributed by atoms with Gasteiger partial charge in [0.25, 0.3) is 0 Å². The van der Waals surface area contributed by atoms with Crippen molar-refractivity contribution in [1.29, 1.82) is 0 Å². The summed E-state index contributed by atoms with van der Waals surface area (Å²) in [6.07, 6.45) is 2.42. The molecule has 0 aromatic heterocycles. The highest BCUT2D eigenvalue weighted by atomic mass is 16.5. The van der Waals surface area contributed by atoms with Gasteiger partial charge in [0.05, 0.1) is 19.3 Å². The summed E-state index contributed by atoms with van der Waals surface area (Å²) in [5.41, 5.74) is 1.21. The Morgan fingerprint density at radius 1 is 1.21 bits per heavy atom. The second kappa shape index (κ2) is 5.61. The van der Waals surface area contributed by atoms with E-state index in [1.165, 1.54) is 18.4 Å². The maximum atomic E-state index is 12.3. The number of morpholine rings is 1. The number of nitrogens with one attached hydrogen (secondary N) is 1. The Morgan fingerprint density at radius 3 is 2.53 bits per heavy atom. The Labute approximate surface area is 113 Å². The van der Waals surface area contributed by atoms with Crippen molar-refractivity contribution in [1.82, 2.24) is 10.2 Å². The highest BCUT2D eigenvalue weighted by molar-refractivity contribution is 5.75. The van der Waals surface area contributed by atoms with Crippen molar-refractivity contribution in [3.05, 3.63) is 35.9 Å². The second-order valence-corrected chi connectivity index (χ2v) is 5.27. The maximum Gasteiger partial charge on any atom is 0.318 e. The Kier molecular flexibility index (Phi) is 3.69. The Morgan fingerprint density at radius 2 is 1.89 bits per heavy atom. The van der Waals surface area contributed by atoms with Crippen LogP contribution in [0.2, 0.25) is 0 Å². The summed E-state index contributed by atoms with van der Waals surface area (Å²) in [6, 6.07) is 10.5. The normalized spacial score (nSPS) is 20.9. The quantitative estimate of drug-likeness (QED) is 0.905. The number of nitrogens with zero attached hydrogens (tertiary/aromatic N) is 1. The fourth-order valence-electron chi connectivity index (χ4n) is 2.55. The van der Waals surface area contributed by atoms with Crippen molar-refractivity contribution < 1.29 is 9.53 Å². The average molecular weight is 260 g/mol. The predicted molar refractivity (Wildman–Crippen MR) is 72.8 cm³/mol. The van der Waals surface area contributed by atoms with E-state index in [0.29, 0.717) is 32.2 Å².